The van der Waals surface area contributed by atoms with E-state index in [0.717, 1.165) is 7.11 Å². The lowest BCUT2D eigenvalue weighted by Crippen LogP contribution is -2.29. The highest BCUT2D eigenvalue weighted by molar-refractivity contribution is 7.86. The molecule has 172 valence electrons. The van der Waals surface area contributed by atoms with Crippen molar-refractivity contribution in [2.24, 2.45) is 5.73 Å². The highest BCUT2D eigenvalue weighted by Gasteiger charge is 2.24. The molecule has 2 atom stereocenters. The van der Waals surface area contributed by atoms with E-state index in [1.165, 1.54) is 18.2 Å². The lowest BCUT2D eigenvalue weighted by atomic mass is 9.81. The first-order chi connectivity index (χ1) is 15.0. The second-order valence-electron chi connectivity index (χ2n) is 7.48. The molecule has 0 aromatic heterocycles. The number of carboxylic acid groups (broad SMARTS) is 1. The van der Waals surface area contributed by atoms with Gasteiger partial charge in [0.25, 0.3) is 10.1 Å². The summed E-state index contributed by atoms with van der Waals surface area (Å²) in [7, 11) is -2.78. The summed E-state index contributed by atoms with van der Waals surface area (Å²) in [4.78, 5) is 11.1. The van der Waals surface area contributed by atoms with Gasteiger partial charge in [0.15, 0.2) is 0 Å². The summed E-state index contributed by atoms with van der Waals surface area (Å²) >= 11 is 0. The van der Waals surface area contributed by atoms with Gasteiger partial charge in [0, 0.05) is 11.5 Å². The van der Waals surface area contributed by atoms with Crippen LogP contribution in [0.1, 0.15) is 37.7 Å². The number of carboxylic acids is 1. The van der Waals surface area contributed by atoms with Crippen LogP contribution in [0.3, 0.4) is 0 Å². The minimum atomic E-state index is -3.87. The summed E-state index contributed by atoms with van der Waals surface area (Å²) < 4.78 is 28.8. The third-order valence-electron chi connectivity index (χ3n) is 5.39. The zero-order valence-corrected chi connectivity index (χ0v) is 19.1. The number of hydrogen-bond donors (Lipinski definition) is 3. The van der Waals surface area contributed by atoms with Gasteiger partial charge < -0.3 is 15.9 Å². The van der Waals surface area contributed by atoms with E-state index in [1.54, 1.807) is 12.1 Å². The molecule has 0 aliphatic rings. The summed E-state index contributed by atoms with van der Waals surface area (Å²) in [5.74, 6) is -1.42. The van der Waals surface area contributed by atoms with Crippen molar-refractivity contribution < 1.29 is 27.6 Å². The molecule has 0 saturated heterocycles. The van der Waals surface area contributed by atoms with Crippen molar-refractivity contribution in [1.82, 2.24) is 0 Å². The molecule has 32 heavy (non-hydrogen) atoms. The van der Waals surface area contributed by atoms with Gasteiger partial charge in [-0.2, -0.15) is 8.42 Å². The van der Waals surface area contributed by atoms with Crippen LogP contribution in [0.4, 0.5) is 0 Å². The van der Waals surface area contributed by atoms with Gasteiger partial charge in [-0.3, -0.25) is 8.98 Å². The smallest absolute Gasteiger partial charge is 0.320 e. The van der Waals surface area contributed by atoms with Gasteiger partial charge in [0.1, 0.15) is 11.8 Å². The van der Waals surface area contributed by atoms with Crippen LogP contribution in [0.15, 0.2) is 71.7 Å². The second-order valence-corrected chi connectivity index (χ2v) is 9.19. The van der Waals surface area contributed by atoms with Crippen LogP contribution < -0.4 is 5.73 Å². The number of allylic oxidation sites excluding steroid dienone is 4. The van der Waals surface area contributed by atoms with Crippen LogP contribution in [-0.4, -0.2) is 37.8 Å². The maximum atomic E-state index is 12.1. The number of rotatable bonds is 11. The molecule has 0 radical (unpaired) electrons. The number of carbonyl (C=O) groups is 1. The quantitative estimate of drug-likeness (QED) is 0.339. The van der Waals surface area contributed by atoms with Gasteiger partial charge >= 0.3 is 5.97 Å². The Morgan fingerprint density at radius 2 is 1.91 bits per heavy atom. The van der Waals surface area contributed by atoms with E-state index in [1.807, 2.05) is 19.1 Å². The average molecular weight is 460 g/mol. The molecule has 8 heteroatoms. The Labute approximate surface area is 188 Å². The van der Waals surface area contributed by atoms with Crippen molar-refractivity contribution in [2.45, 2.75) is 43.0 Å². The van der Waals surface area contributed by atoms with Crippen LogP contribution >= 0.6 is 0 Å². The number of hydrogen-bond acceptors (Lipinski definition) is 6. The van der Waals surface area contributed by atoms with E-state index in [-0.39, 0.29) is 23.0 Å². The fraction of sp³-hybridized carbons (Fsp3) is 0.292. The predicted molar refractivity (Wildman–Crippen MR) is 125 cm³/mol. The van der Waals surface area contributed by atoms with E-state index in [4.69, 9.17) is 10.8 Å². The van der Waals surface area contributed by atoms with Crippen molar-refractivity contribution in [3.8, 4) is 5.75 Å². The minimum absolute atomic E-state index is 0.00488. The molecule has 0 heterocycles. The number of aliphatic carboxylic acids is 1. The number of phenolic OH excluding ortho intramolecular Hbond substituents is 1. The first-order valence-corrected chi connectivity index (χ1v) is 11.5. The van der Waals surface area contributed by atoms with Crippen molar-refractivity contribution in [2.75, 3.05) is 7.11 Å². The third-order valence-corrected chi connectivity index (χ3v) is 6.66. The Morgan fingerprint density at radius 1 is 1.22 bits per heavy atom. The lowest BCUT2D eigenvalue weighted by molar-refractivity contribution is -0.138. The summed E-state index contributed by atoms with van der Waals surface area (Å²) in [6.07, 6.45) is 4.85. The second kappa shape index (κ2) is 10.6. The number of aromatic hydroxyl groups is 1. The first-order valence-electron chi connectivity index (χ1n) is 10.1. The van der Waals surface area contributed by atoms with Crippen LogP contribution in [0.5, 0.6) is 5.75 Å². The average Bonchev–Trinajstić information content (AvgIpc) is 2.76. The summed E-state index contributed by atoms with van der Waals surface area (Å²) in [6, 6.07) is 6.68. The van der Waals surface area contributed by atoms with E-state index in [9.17, 15) is 18.3 Å². The standard InChI is InChI=1S/C24H29NO6S/c1-5-7-15(2)16(3)19(8-6-9-21(25)24(27)28)23-20-12-11-18(32(29,30)31-4)14-17(20)10-13-22(23)26/h5,7,10-14,19,21,26H,2-3,6,8-9,25H2,1,4H3,(H,27,28). The number of benzene rings is 2. The molecule has 2 unspecified atom stereocenters. The number of fused-ring (bicyclic) bond motifs is 1. The first kappa shape index (κ1) is 25.3. The third kappa shape index (κ3) is 5.64. The van der Waals surface area contributed by atoms with Crippen LogP contribution in [0, 0.1) is 0 Å². The van der Waals surface area contributed by atoms with Crippen LogP contribution in [0.25, 0.3) is 10.8 Å². The monoisotopic (exact) mass is 459 g/mol. The zero-order valence-electron chi connectivity index (χ0n) is 18.2. The van der Waals surface area contributed by atoms with E-state index >= 15 is 0 Å². The topological polar surface area (TPSA) is 127 Å². The number of phenols is 1. The zero-order chi connectivity index (χ0) is 24.1. The largest absolute Gasteiger partial charge is 0.508 e. The van der Waals surface area contributed by atoms with Gasteiger partial charge in [0.05, 0.1) is 12.0 Å². The normalized spacial score (nSPS) is 13.8. The maximum absolute atomic E-state index is 12.1. The summed E-state index contributed by atoms with van der Waals surface area (Å²) in [6.45, 7) is 10.1. The van der Waals surface area contributed by atoms with E-state index in [0.29, 0.717) is 40.3 Å². The maximum Gasteiger partial charge on any atom is 0.320 e. The number of nitrogens with two attached hydrogens (primary N) is 1. The van der Waals surface area contributed by atoms with Crippen molar-refractivity contribution in [1.29, 1.82) is 0 Å². The Bertz CT molecular complexity index is 1170. The molecule has 2 aromatic carbocycles. The summed E-state index contributed by atoms with van der Waals surface area (Å²) in [5, 5.41) is 21.1. The predicted octanol–water partition coefficient (Wildman–Crippen LogP) is 4.23. The molecule has 0 bridgehead atoms. The molecule has 0 fully saturated rings. The van der Waals surface area contributed by atoms with Gasteiger partial charge in [-0.25, -0.2) is 0 Å². The minimum Gasteiger partial charge on any atom is -0.508 e. The molecule has 0 amide bonds. The Kier molecular flexibility index (Phi) is 8.38. The molecule has 4 N–H and O–H groups in total. The van der Waals surface area contributed by atoms with Gasteiger partial charge in [-0.15, -0.1) is 0 Å². The van der Waals surface area contributed by atoms with E-state index < -0.39 is 22.1 Å². The van der Waals surface area contributed by atoms with Gasteiger partial charge in [0.2, 0.25) is 0 Å². The van der Waals surface area contributed by atoms with Crippen LogP contribution in [0.2, 0.25) is 0 Å². The van der Waals surface area contributed by atoms with Crippen LogP contribution in [-0.2, 0) is 19.1 Å². The van der Waals surface area contributed by atoms with Gasteiger partial charge in [-0.1, -0.05) is 43.9 Å². The fourth-order valence-corrected chi connectivity index (χ4v) is 4.33. The van der Waals surface area contributed by atoms with Crippen molar-refractivity contribution >= 4 is 26.9 Å². The molecule has 0 aliphatic heterocycles. The molecule has 0 aliphatic carbocycles. The molecular weight excluding hydrogens is 430 g/mol. The molecule has 7 nitrogen and oxygen atoms in total. The molecule has 2 rings (SSSR count). The Balaban J connectivity index is 2.58. The van der Waals surface area contributed by atoms with Gasteiger partial charge in [-0.05, 0) is 59.9 Å². The van der Waals surface area contributed by atoms with Crippen molar-refractivity contribution in [3.63, 3.8) is 0 Å². The molecule has 0 spiro atoms. The lowest BCUT2D eigenvalue weighted by Gasteiger charge is -2.24. The Hall–Kier alpha value is -2.94. The van der Waals surface area contributed by atoms with E-state index in [2.05, 4.69) is 17.3 Å². The summed E-state index contributed by atoms with van der Waals surface area (Å²) in [5.41, 5.74) is 7.57. The van der Waals surface area contributed by atoms with Crippen molar-refractivity contribution in [3.05, 3.63) is 72.4 Å². The fourth-order valence-electron chi connectivity index (χ4n) is 3.63. The molecule has 0 saturated carbocycles. The molecular formula is C24H29NO6S. The SMILES string of the molecule is C=C(C=CC)C(=C)C(CCCC(N)C(=O)O)c1c(O)ccc2cc(S(=O)(=O)OC)ccc12. The highest BCUT2D eigenvalue weighted by atomic mass is 32.2. The highest BCUT2D eigenvalue weighted by Crippen LogP contribution is 2.42. The molecule has 2 aromatic rings. The Morgan fingerprint density at radius 3 is 2.50 bits per heavy atom.